The number of para-hydroxylation sites is 1. The highest BCUT2D eigenvalue weighted by Crippen LogP contribution is 2.51. The van der Waals surface area contributed by atoms with Crippen LogP contribution in [0, 0.1) is 0 Å². The summed E-state index contributed by atoms with van der Waals surface area (Å²) in [7, 11) is 0. The highest BCUT2D eigenvalue weighted by molar-refractivity contribution is 6.38. The number of hydrogen-bond donors (Lipinski definition) is 0. The number of hydrogen-bond acceptors (Lipinski definition) is 3. The molecule has 0 spiro atoms. The molecule has 5 nitrogen and oxygen atoms in total. The van der Waals surface area contributed by atoms with Gasteiger partial charge in [0.15, 0.2) is 11.6 Å². The van der Waals surface area contributed by atoms with E-state index in [-0.39, 0.29) is 0 Å². The van der Waals surface area contributed by atoms with Crippen molar-refractivity contribution in [2.24, 2.45) is 0 Å². The average Bonchev–Trinajstić information content (AvgIpc) is 3.78. The number of fused-ring (bicyclic) bond motifs is 2. The maximum Gasteiger partial charge on any atom is 0.238 e. The first-order valence-corrected chi connectivity index (χ1v) is 19.7. The van der Waals surface area contributed by atoms with Crippen molar-refractivity contribution in [3.05, 3.63) is 188 Å². The third-order valence-corrected chi connectivity index (χ3v) is 12.1. The van der Waals surface area contributed by atoms with E-state index in [2.05, 4.69) is 191 Å². The predicted molar refractivity (Wildman–Crippen MR) is 239 cm³/mol. The molecule has 3 aromatic heterocycles. The van der Waals surface area contributed by atoms with Crippen LogP contribution in [-0.2, 0) is 0 Å². The van der Waals surface area contributed by atoms with Crippen LogP contribution >= 0.6 is 0 Å². The Morgan fingerprint density at radius 2 is 0.845 bits per heavy atom. The molecule has 0 N–H and O–H groups in total. The summed E-state index contributed by atoms with van der Waals surface area (Å²) in [5.41, 5.74) is 12.2. The van der Waals surface area contributed by atoms with Crippen molar-refractivity contribution in [2.75, 3.05) is 0 Å². The Morgan fingerprint density at radius 1 is 0.293 bits per heavy atom. The van der Waals surface area contributed by atoms with Crippen molar-refractivity contribution in [1.82, 2.24) is 24.1 Å². The molecule has 0 atom stereocenters. The van der Waals surface area contributed by atoms with E-state index < -0.39 is 0 Å². The van der Waals surface area contributed by atoms with Crippen LogP contribution in [0.15, 0.2) is 188 Å². The molecular formula is C53H31N5. The Morgan fingerprint density at radius 3 is 1.59 bits per heavy atom. The zero-order valence-corrected chi connectivity index (χ0v) is 31.1. The highest BCUT2D eigenvalue weighted by Gasteiger charge is 2.28. The molecule has 0 bridgehead atoms. The summed E-state index contributed by atoms with van der Waals surface area (Å²) in [5.74, 6) is 1.84. The van der Waals surface area contributed by atoms with Crippen LogP contribution in [0.5, 0.6) is 0 Å². The molecule has 1 aliphatic rings. The quantitative estimate of drug-likeness (QED) is 0.177. The summed E-state index contributed by atoms with van der Waals surface area (Å²) >= 11 is 0. The lowest BCUT2D eigenvalue weighted by Crippen LogP contribution is -2.07. The van der Waals surface area contributed by atoms with E-state index in [4.69, 9.17) is 15.0 Å². The molecule has 0 saturated carbocycles. The molecule has 9 aromatic carbocycles. The molecule has 0 fully saturated rings. The molecule has 0 saturated heterocycles. The lowest BCUT2D eigenvalue weighted by molar-refractivity contribution is 0.954. The lowest BCUT2D eigenvalue weighted by Gasteiger charge is -2.14. The van der Waals surface area contributed by atoms with Crippen LogP contribution in [-0.4, -0.2) is 24.1 Å². The van der Waals surface area contributed by atoms with Gasteiger partial charge in [-0.15, -0.1) is 0 Å². The standard InChI is InChI=1S/C53H31N5/c1-3-14-33(15-4-1)38-19-9-10-20-41(38)52-54-51(36-26-25-32-13-7-8-16-35(32)31-36)55-53(56-52)58-43-24-12-22-40-39-21-11-23-42-47(39)49-44(57(42)37-17-5-2-6-18-37)29-27-34-28-30-45(58)50(46(34)49)48(40)43/h1-31H. The first-order valence-electron chi connectivity index (χ1n) is 19.7. The summed E-state index contributed by atoms with van der Waals surface area (Å²) in [6, 6.07) is 67.1. The van der Waals surface area contributed by atoms with Crippen LogP contribution in [0.2, 0.25) is 0 Å². The van der Waals surface area contributed by atoms with Gasteiger partial charge in [0.1, 0.15) is 0 Å². The van der Waals surface area contributed by atoms with Crippen LogP contribution in [0.4, 0.5) is 0 Å². The van der Waals surface area contributed by atoms with Crippen LogP contribution in [0.3, 0.4) is 0 Å². The summed E-state index contributed by atoms with van der Waals surface area (Å²) in [5, 5.41) is 9.77. The maximum absolute atomic E-state index is 5.43. The van der Waals surface area contributed by atoms with E-state index in [1.54, 1.807) is 0 Å². The first kappa shape index (κ1) is 31.3. The molecule has 268 valence electrons. The van der Waals surface area contributed by atoms with Gasteiger partial charge in [-0.05, 0) is 80.9 Å². The summed E-state index contributed by atoms with van der Waals surface area (Å²) in [6.45, 7) is 0. The van der Waals surface area contributed by atoms with Crippen molar-refractivity contribution in [3.63, 3.8) is 0 Å². The minimum atomic E-state index is 0.584. The van der Waals surface area contributed by atoms with Crippen molar-refractivity contribution < 1.29 is 0 Å². The number of rotatable bonds is 5. The van der Waals surface area contributed by atoms with E-state index in [1.807, 2.05) is 6.07 Å². The first-order chi connectivity index (χ1) is 28.8. The molecule has 5 heteroatoms. The van der Waals surface area contributed by atoms with Gasteiger partial charge in [-0.3, -0.25) is 4.57 Å². The minimum Gasteiger partial charge on any atom is -0.309 e. The van der Waals surface area contributed by atoms with Gasteiger partial charge in [-0.2, -0.15) is 9.97 Å². The average molecular weight is 738 g/mol. The van der Waals surface area contributed by atoms with E-state index >= 15 is 0 Å². The predicted octanol–water partition coefficient (Wildman–Crippen LogP) is 13.4. The van der Waals surface area contributed by atoms with Gasteiger partial charge in [-0.1, -0.05) is 146 Å². The number of nitrogens with zero attached hydrogens (tertiary/aromatic N) is 5. The van der Waals surface area contributed by atoms with Gasteiger partial charge in [0.2, 0.25) is 5.95 Å². The second-order valence-electron chi connectivity index (χ2n) is 15.2. The summed E-state index contributed by atoms with van der Waals surface area (Å²) in [6.07, 6.45) is 0. The third-order valence-electron chi connectivity index (χ3n) is 12.1. The highest BCUT2D eigenvalue weighted by atomic mass is 15.2. The fourth-order valence-electron chi connectivity index (χ4n) is 9.62. The molecule has 58 heavy (non-hydrogen) atoms. The molecule has 0 radical (unpaired) electrons. The number of benzene rings is 9. The summed E-state index contributed by atoms with van der Waals surface area (Å²) in [4.78, 5) is 16.1. The van der Waals surface area contributed by atoms with Crippen LogP contribution < -0.4 is 0 Å². The monoisotopic (exact) mass is 737 g/mol. The Labute approximate surface area is 332 Å². The summed E-state index contributed by atoms with van der Waals surface area (Å²) < 4.78 is 4.69. The second-order valence-corrected chi connectivity index (χ2v) is 15.2. The minimum absolute atomic E-state index is 0.584. The normalized spacial score (nSPS) is 12.1. The molecule has 12 aromatic rings. The van der Waals surface area contributed by atoms with Gasteiger partial charge in [0.05, 0.1) is 22.1 Å². The third kappa shape index (κ3) is 4.33. The molecule has 0 aliphatic heterocycles. The Hall–Kier alpha value is -7.89. The molecule has 13 rings (SSSR count). The van der Waals surface area contributed by atoms with Crippen LogP contribution in [0.25, 0.3) is 122 Å². The maximum atomic E-state index is 5.43. The largest absolute Gasteiger partial charge is 0.309 e. The fraction of sp³-hybridized carbons (Fsp3) is 0. The van der Waals surface area contributed by atoms with Crippen molar-refractivity contribution in [1.29, 1.82) is 0 Å². The molecule has 0 unspecified atom stereocenters. The van der Waals surface area contributed by atoms with Crippen molar-refractivity contribution in [3.8, 4) is 56.7 Å². The SMILES string of the molecule is c1ccc(-c2ccccc2-c2nc(-c3ccc4ccccc4c3)nc(-n3c4cccc5c4c4c6c(ccc7c6c6c-5cccc6n7-c5ccccc5)ccc43)n2)cc1. The topological polar surface area (TPSA) is 48.5 Å². The Kier molecular flexibility index (Phi) is 6.38. The number of aromatic nitrogens is 5. The van der Waals surface area contributed by atoms with Gasteiger partial charge in [0.25, 0.3) is 0 Å². The van der Waals surface area contributed by atoms with Gasteiger partial charge >= 0.3 is 0 Å². The zero-order chi connectivity index (χ0) is 37.9. The van der Waals surface area contributed by atoms with Gasteiger partial charge in [-0.25, -0.2) is 4.98 Å². The molecule has 0 amide bonds. The van der Waals surface area contributed by atoms with E-state index in [9.17, 15) is 0 Å². The van der Waals surface area contributed by atoms with Crippen LogP contribution in [0.1, 0.15) is 0 Å². The van der Waals surface area contributed by atoms with Crippen molar-refractivity contribution in [2.45, 2.75) is 0 Å². The molecule has 1 aliphatic carbocycles. The smallest absolute Gasteiger partial charge is 0.238 e. The van der Waals surface area contributed by atoms with Crippen molar-refractivity contribution >= 4 is 65.2 Å². The molecule has 3 heterocycles. The van der Waals surface area contributed by atoms with Gasteiger partial charge in [0, 0.05) is 43.7 Å². The van der Waals surface area contributed by atoms with E-state index in [1.165, 1.54) is 59.9 Å². The zero-order valence-electron chi connectivity index (χ0n) is 31.1. The van der Waals surface area contributed by atoms with E-state index in [0.29, 0.717) is 17.6 Å². The Balaban J connectivity index is 1.16. The van der Waals surface area contributed by atoms with Gasteiger partial charge < -0.3 is 4.57 Å². The molecular weight excluding hydrogens is 707 g/mol. The van der Waals surface area contributed by atoms with E-state index in [0.717, 1.165) is 44.4 Å². The fourth-order valence-corrected chi connectivity index (χ4v) is 9.62. The second kappa shape index (κ2) is 11.8. The lowest BCUT2D eigenvalue weighted by atomic mass is 9.98. The Bertz CT molecular complexity index is 3670.